The molecule has 20 heavy (non-hydrogen) atoms. The van der Waals surface area contributed by atoms with E-state index in [1.54, 1.807) is 6.07 Å². The number of hydrogen-bond acceptors (Lipinski definition) is 3. The van der Waals surface area contributed by atoms with E-state index in [2.05, 4.69) is 32.6 Å². The molecule has 4 heteroatoms. The van der Waals surface area contributed by atoms with Crippen molar-refractivity contribution in [3.05, 3.63) is 35.8 Å². The molecule has 0 amide bonds. The lowest BCUT2D eigenvalue weighted by atomic mass is 9.91. The number of fused-ring (bicyclic) bond motifs is 1. The van der Waals surface area contributed by atoms with Crippen LogP contribution in [0.25, 0.3) is 11.0 Å². The Morgan fingerprint density at radius 1 is 1.25 bits per heavy atom. The summed E-state index contributed by atoms with van der Waals surface area (Å²) in [6.45, 7) is 10.3. The van der Waals surface area contributed by atoms with Gasteiger partial charge in [-0.15, -0.1) is 0 Å². The summed E-state index contributed by atoms with van der Waals surface area (Å²) in [5, 5.41) is 0.755. The third-order valence-corrected chi connectivity index (χ3v) is 4.14. The van der Waals surface area contributed by atoms with Gasteiger partial charge in [-0.1, -0.05) is 13.8 Å². The number of rotatable bonds is 5. The molecule has 1 heterocycles. The first-order valence-corrected chi connectivity index (χ1v) is 7.09. The van der Waals surface area contributed by atoms with Crippen LogP contribution in [-0.4, -0.2) is 23.5 Å². The summed E-state index contributed by atoms with van der Waals surface area (Å²) in [6, 6.07) is 6.09. The Hall–Kier alpha value is -1.39. The first kappa shape index (κ1) is 15.0. The number of benzene rings is 1. The number of furan rings is 1. The molecule has 0 aliphatic heterocycles. The van der Waals surface area contributed by atoms with Crippen LogP contribution in [0.15, 0.2) is 28.7 Å². The van der Waals surface area contributed by atoms with Gasteiger partial charge in [0.25, 0.3) is 0 Å². The van der Waals surface area contributed by atoms with E-state index in [1.165, 1.54) is 12.1 Å². The summed E-state index contributed by atoms with van der Waals surface area (Å²) in [5.41, 5.74) is 6.84. The SMILES string of the molecule is CCN(CC)C(C)(C)C(N)c1cc2cc(F)ccc2o1. The van der Waals surface area contributed by atoms with Crippen molar-refractivity contribution in [2.45, 2.75) is 39.3 Å². The monoisotopic (exact) mass is 278 g/mol. The van der Waals surface area contributed by atoms with Crippen LogP contribution in [0, 0.1) is 5.82 Å². The van der Waals surface area contributed by atoms with Crippen molar-refractivity contribution in [1.29, 1.82) is 0 Å². The molecule has 0 aliphatic carbocycles. The molecule has 0 aliphatic rings. The molecular weight excluding hydrogens is 255 g/mol. The molecular formula is C16H23FN2O. The van der Waals surface area contributed by atoms with Crippen molar-refractivity contribution < 1.29 is 8.81 Å². The highest BCUT2D eigenvalue weighted by molar-refractivity contribution is 5.78. The molecule has 1 aromatic heterocycles. The van der Waals surface area contributed by atoms with Gasteiger partial charge in [0.15, 0.2) is 0 Å². The molecule has 0 bridgehead atoms. The highest BCUT2D eigenvalue weighted by Crippen LogP contribution is 2.32. The second-order valence-electron chi connectivity index (χ2n) is 5.63. The Morgan fingerprint density at radius 2 is 1.90 bits per heavy atom. The van der Waals surface area contributed by atoms with Crippen LogP contribution in [0.4, 0.5) is 4.39 Å². The van der Waals surface area contributed by atoms with Gasteiger partial charge in [-0.05, 0) is 51.2 Å². The van der Waals surface area contributed by atoms with Crippen molar-refractivity contribution in [2.24, 2.45) is 5.73 Å². The zero-order valence-electron chi connectivity index (χ0n) is 12.6. The molecule has 0 saturated heterocycles. The average molecular weight is 278 g/mol. The summed E-state index contributed by atoms with van der Waals surface area (Å²) in [4.78, 5) is 2.30. The first-order valence-electron chi connectivity index (χ1n) is 7.09. The molecule has 0 fully saturated rings. The van der Waals surface area contributed by atoms with Gasteiger partial charge >= 0.3 is 0 Å². The molecule has 3 nitrogen and oxygen atoms in total. The van der Waals surface area contributed by atoms with Gasteiger partial charge in [0.05, 0.1) is 6.04 Å². The summed E-state index contributed by atoms with van der Waals surface area (Å²) < 4.78 is 19.0. The fourth-order valence-corrected chi connectivity index (χ4v) is 2.77. The number of likely N-dealkylation sites (N-methyl/N-ethyl adjacent to an activating group) is 1. The van der Waals surface area contributed by atoms with Crippen molar-refractivity contribution in [3.8, 4) is 0 Å². The lowest BCUT2D eigenvalue weighted by Gasteiger charge is -2.40. The fraction of sp³-hybridized carbons (Fsp3) is 0.500. The number of nitrogens with two attached hydrogens (primary N) is 1. The van der Waals surface area contributed by atoms with E-state index in [4.69, 9.17) is 10.2 Å². The second kappa shape index (κ2) is 5.54. The van der Waals surface area contributed by atoms with E-state index in [1.807, 2.05) is 6.07 Å². The van der Waals surface area contributed by atoms with Gasteiger partial charge in [0.2, 0.25) is 0 Å². The van der Waals surface area contributed by atoms with E-state index < -0.39 is 0 Å². The third-order valence-electron chi connectivity index (χ3n) is 4.14. The number of hydrogen-bond donors (Lipinski definition) is 1. The lowest BCUT2D eigenvalue weighted by Crippen LogP contribution is -2.51. The normalized spacial score (nSPS) is 14.2. The highest BCUT2D eigenvalue weighted by atomic mass is 19.1. The minimum absolute atomic E-state index is 0.226. The van der Waals surface area contributed by atoms with E-state index in [-0.39, 0.29) is 17.4 Å². The minimum Gasteiger partial charge on any atom is -0.459 e. The Balaban J connectivity index is 2.37. The summed E-state index contributed by atoms with van der Waals surface area (Å²) in [5.74, 6) is 0.434. The quantitative estimate of drug-likeness (QED) is 0.907. The number of halogens is 1. The fourth-order valence-electron chi connectivity index (χ4n) is 2.77. The largest absolute Gasteiger partial charge is 0.459 e. The van der Waals surface area contributed by atoms with E-state index in [9.17, 15) is 4.39 Å². The maximum atomic E-state index is 13.2. The van der Waals surface area contributed by atoms with Crippen molar-refractivity contribution >= 4 is 11.0 Å². The molecule has 0 spiro atoms. The second-order valence-corrected chi connectivity index (χ2v) is 5.63. The summed E-state index contributed by atoms with van der Waals surface area (Å²) >= 11 is 0. The van der Waals surface area contributed by atoms with Gasteiger partial charge in [-0.25, -0.2) is 4.39 Å². The average Bonchev–Trinajstić information content (AvgIpc) is 2.81. The Kier molecular flexibility index (Phi) is 4.16. The van der Waals surface area contributed by atoms with Gasteiger partial charge in [0.1, 0.15) is 17.2 Å². The molecule has 0 saturated carbocycles. The third kappa shape index (κ3) is 2.58. The van der Waals surface area contributed by atoms with Gasteiger partial charge < -0.3 is 10.2 Å². The molecule has 2 N–H and O–H groups in total. The van der Waals surface area contributed by atoms with Crippen molar-refractivity contribution in [2.75, 3.05) is 13.1 Å². The van der Waals surface area contributed by atoms with Gasteiger partial charge in [0, 0.05) is 10.9 Å². The smallest absolute Gasteiger partial charge is 0.134 e. The van der Waals surface area contributed by atoms with Gasteiger partial charge in [-0.3, -0.25) is 4.90 Å². The Morgan fingerprint density at radius 3 is 2.50 bits per heavy atom. The molecule has 1 aromatic carbocycles. The van der Waals surface area contributed by atoms with Crippen molar-refractivity contribution in [3.63, 3.8) is 0 Å². The molecule has 0 radical (unpaired) electrons. The molecule has 1 atom stereocenters. The summed E-state index contributed by atoms with van der Waals surface area (Å²) in [7, 11) is 0. The maximum Gasteiger partial charge on any atom is 0.134 e. The zero-order valence-corrected chi connectivity index (χ0v) is 12.6. The van der Waals surface area contributed by atoms with E-state index in [0.29, 0.717) is 11.3 Å². The zero-order chi connectivity index (χ0) is 14.9. The predicted octanol–water partition coefficient (Wildman–Crippen LogP) is 3.69. The maximum absolute atomic E-state index is 13.2. The van der Waals surface area contributed by atoms with E-state index in [0.717, 1.165) is 18.5 Å². The minimum atomic E-state index is -0.266. The molecule has 1 unspecified atom stereocenters. The Bertz CT molecular complexity index is 587. The number of nitrogens with zero attached hydrogens (tertiary/aromatic N) is 1. The Labute approximate surface area is 119 Å². The predicted molar refractivity (Wildman–Crippen MR) is 80.1 cm³/mol. The van der Waals surface area contributed by atoms with Crippen molar-refractivity contribution in [1.82, 2.24) is 4.90 Å². The van der Waals surface area contributed by atoms with Crippen LogP contribution in [0.5, 0.6) is 0 Å². The van der Waals surface area contributed by atoms with Crippen LogP contribution < -0.4 is 5.73 Å². The van der Waals surface area contributed by atoms with Crippen LogP contribution >= 0.6 is 0 Å². The highest BCUT2D eigenvalue weighted by Gasteiger charge is 2.34. The van der Waals surface area contributed by atoms with Crippen LogP contribution in [0.3, 0.4) is 0 Å². The molecule has 2 aromatic rings. The van der Waals surface area contributed by atoms with Crippen LogP contribution in [0.1, 0.15) is 39.5 Å². The molecule has 110 valence electrons. The van der Waals surface area contributed by atoms with E-state index >= 15 is 0 Å². The van der Waals surface area contributed by atoms with Crippen LogP contribution in [0.2, 0.25) is 0 Å². The van der Waals surface area contributed by atoms with Gasteiger partial charge in [-0.2, -0.15) is 0 Å². The summed E-state index contributed by atoms with van der Waals surface area (Å²) in [6.07, 6.45) is 0. The van der Waals surface area contributed by atoms with Crippen LogP contribution in [-0.2, 0) is 0 Å². The first-order chi connectivity index (χ1) is 9.40. The lowest BCUT2D eigenvalue weighted by molar-refractivity contribution is 0.0990. The topological polar surface area (TPSA) is 42.4 Å². The molecule has 2 rings (SSSR count). The standard InChI is InChI=1S/C16H23FN2O/c1-5-19(6-2)16(3,4)15(18)14-10-11-9-12(17)7-8-13(11)20-14/h7-10,15H,5-6,18H2,1-4H3.